The van der Waals surface area contributed by atoms with E-state index in [4.69, 9.17) is 4.74 Å². The van der Waals surface area contributed by atoms with Gasteiger partial charge in [0.15, 0.2) is 5.69 Å². The number of aromatic amines is 1. The van der Waals surface area contributed by atoms with Crippen LogP contribution in [-0.4, -0.2) is 44.2 Å². The second kappa shape index (κ2) is 7.29. The molecule has 0 spiro atoms. The largest absolute Gasteiger partial charge is 0.444 e. The molecule has 10 heteroatoms. The highest BCUT2D eigenvalue weighted by atomic mass is 16.6. The monoisotopic (exact) mass is 387 g/mol. The molecular formula is C18H21N5O5. The standard InChI is InChI=1S/C18H21N5O5/c1-18(2,3)28-17(25)22-8-7-14-13(10-22)15(21-20-14)16(24)19-11-5-4-6-12(9-11)23(26)27/h4-6,9H,7-8,10H2,1-3H3,(H,19,24)(H,20,21). The van der Waals surface area contributed by atoms with Crippen molar-refractivity contribution in [3.63, 3.8) is 0 Å². The minimum Gasteiger partial charge on any atom is -0.444 e. The summed E-state index contributed by atoms with van der Waals surface area (Å²) in [7, 11) is 0. The molecule has 0 aliphatic carbocycles. The van der Waals surface area contributed by atoms with Gasteiger partial charge in [0.1, 0.15) is 5.60 Å². The number of amides is 2. The summed E-state index contributed by atoms with van der Waals surface area (Å²) in [6.45, 7) is 6.01. The number of anilines is 1. The number of hydrogen-bond donors (Lipinski definition) is 2. The summed E-state index contributed by atoms with van der Waals surface area (Å²) < 4.78 is 5.39. The second-order valence-electron chi connectivity index (χ2n) is 7.44. The predicted molar refractivity (Wildman–Crippen MR) is 100.0 cm³/mol. The van der Waals surface area contributed by atoms with Gasteiger partial charge in [-0.25, -0.2) is 4.79 Å². The van der Waals surface area contributed by atoms with Crippen molar-refractivity contribution in [3.8, 4) is 0 Å². The molecule has 0 saturated heterocycles. The van der Waals surface area contributed by atoms with Crippen LogP contribution in [-0.2, 0) is 17.7 Å². The molecule has 0 radical (unpaired) electrons. The fourth-order valence-electron chi connectivity index (χ4n) is 2.85. The van der Waals surface area contributed by atoms with Gasteiger partial charge in [0.25, 0.3) is 11.6 Å². The van der Waals surface area contributed by atoms with Crippen LogP contribution in [0.3, 0.4) is 0 Å². The van der Waals surface area contributed by atoms with E-state index in [9.17, 15) is 19.7 Å². The second-order valence-corrected chi connectivity index (χ2v) is 7.44. The van der Waals surface area contributed by atoms with Gasteiger partial charge < -0.3 is 15.0 Å². The third kappa shape index (κ3) is 4.27. The van der Waals surface area contributed by atoms with Crippen molar-refractivity contribution < 1.29 is 19.2 Å². The van der Waals surface area contributed by atoms with E-state index in [0.717, 1.165) is 5.69 Å². The van der Waals surface area contributed by atoms with Crippen LogP contribution in [0.4, 0.5) is 16.2 Å². The number of carbonyl (C=O) groups is 2. The van der Waals surface area contributed by atoms with Crippen LogP contribution >= 0.6 is 0 Å². The zero-order valence-corrected chi connectivity index (χ0v) is 15.8. The number of nitrogens with zero attached hydrogens (tertiary/aromatic N) is 3. The maximum Gasteiger partial charge on any atom is 0.410 e. The van der Waals surface area contributed by atoms with E-state index in [1.165, 1.54) is 23.1 Å². The molecule has 1 aliphatic heterocycles. The summed E-state index contributed by atoms with van der Waals surface area (Å²) in [5.74, 6) is -0.510. The first-order valence-electron chi connectivity index (χ1n) is 8.74. The van der Waals surface area contributed by atoms with Gasteiger partial charge in [0, 0.05) is 42.0 Å². The molecule has 2 heterocycles. The average Bonchev–Trinajstić information content (AvgIpc) is 3.03. The van der Waals surface area contributed by atoms with Gasteiger partial charge in [-0.2, -0.15) is 5.10 Å². The van der Waals surface area contributed by atoms with E-state index >= 15 is 0 Å². The average molecular weight is 387 g/mol. The molecule has 0 saturated carbocycles. The lowest BCUT2D eigenvalue weighted by atomic mass is 10.1. The quantitative estimate of drug-likeness (QED) is 0.615. The normalized spacial score (nSPS) is 13.6. The van der Waals surface area contributed by atoms with Crippen molar-refractivity contribution in [2.75, 3.05) is 11.9 Å². The van der Waals surface area contributed by atoms with Gasteiger partial charge >= 0.3 is 6.09 Å². The molecule has 3 rings (SSSR count). The Morgan fingerprint density at radius 3 is 2.79 bits per heavy atom. The zero-order valence-electron chi connectivity index (χ0n) is 15.8. The van der Waals surface area contributed by atoms with Crippen molar-refractivity contribution in [3.05, 3.63) is 51.3 Å². The van der Waals surface area contributed by atoms with Gasteiger partial charge in [-0.15, -0.1) is 0 Å². The highest BCUT2D eigenvalue weighted by Gasteiger charge is 2.30. The molecule has 148 valence electrons. The Balaban J connectivity index is 1.76. The fourth-order valence-corrected chi connectivity index (χ4v) is 2.85. The van der Waals surface area contributed by atoms with Crippen LogP contribution in [0.2, 0.25) is 0 Å². The number of fused-ring (bicyclic) bond motifs is 1. The summed E-state index contributed by atoms with van der Waals surface area (Å²) >= 11 is 0. The maximum atomic E-state index is 12.6. The van der Waals surface area contributed by atoms with Crippen LogP contribution in [0, 0.1) is 10.1 Å². The first-order chi connectivity index (χ1) is 13.1. The Labute approximate surface area is 161 Å². The molecule has 2 N–H and O–H groups in total. The number of rotatable bonds is 3. The van der Waals surface area contributed by atoms with Crippen LogP contribution in [0.1, 0.15) is 42.5 Å². The SMILES string of the molecule is CC(C)(C)OC(=O)N1CCc2[nH]nc(C(=O)Nc3cccc([N+](=O)[O-])c3)c2C1. The summed E-state index contributed by atoms with van der Waals surface area (Å²) in [6, 6.07) is 5.64. The highest BCUT2D eigenvalue weighted by Crippen LogP contribution is 2.24. The van der Waals surface area contributed by atoms with Crippen LogP contribution in [0.15, 0.2) is 24.3 Å². The lowest BCUT2D eigenvalue weighted by Crippen LogP contribution is -2.40. The summed E-state index contributed by atoms with van der Waals surface area (Å²) in [6.07, 6.45) is 0.0652. The van der Waals surface area contributed by atoms with E-state index < -0.39 is 22.5 Å². The number of aromatic nitrogens is 2. The molecule has 0 bridgehead atoms. The lowest BCUT2D eigenvalue weighted by molar-refractivity contribution is -0.384. The summed E-state index contributed by atoms with van der Waals surface area (Å²) in [5, 5.41) is 20.4. The van der Waals surface area contributed by atoms with Gasteiger partial charge in [0.2, 0.25) is 0 Å². The molecule has 1 aromatic carbocycles. The number of nitrogens with one attached hydrogen (secondary N) is 2. The Bertz CT molecular complexity index is 931. The fraction of sp³-hybridized carbons (Fsp3) is 0.389. The first-order valence-corrected chi connectivity index (χ1v) is 8.74. The van der Waals surface area contributed by atoms with Crippen molar-refractivity contribution in [1.29, 1.82) is 0 Å². The third-order valence-corrected chi connectivity index (χ3v) is 4.12. The number of nitro groups is 1. The lowest BCUT2D eigenvalue weighted by Gasteiger charge is -2.30. The van der Waals surface area contributed by atoms with Crippen LogP contribution in [0.5, 0.6) is 0 Å². The molecule has 2 aromatic rings. The molecule has 0 unspecified atom stereocenters. The van der Waals surface area contributed by atoms with Gasteiger partial charge in [-0.05, 0) is 26.8 Å². The molecule has 0 fully saturated rings. The van der Waals surface area contributed by atoms with E-state index in [-0.39, 0.29) is 23.6 Å². The van der Waals surface area contributed by atoms with Crippen molar-refractivity contribution >= 4 is 23.4 Å². The van der Waals surface area contributed by atoms with E-state index in [2.05, 4.69) is 15.5 Å². The number of hydrogen-bond acceptors (Lipinski definition) is 6. The Kier molecular flexibility index (Phi) is 5.04. The van der Waals surface area contributed by atoms with Gasteiger partial charge in [-0.1, -0.05) is 6.07 Å². The number of nitro benzene ring substituents is 1. The Morgan fingerprint density at radius 1 is 1.36 bits per heavy atom. The molecule has 1 aromatic heterocycles. The third-order valence-electron chi connectivity index (χ3n) is 4.12. The smallest absolute Gasteiger partial charge is 0.410 e. The Hall–Kier alpha value is -3.43. The minimum absolute atomic E-state index is 0.127. The van der Waals surface area contributed by atoms with Gasteiger partial charge in [0.05, 0.1) is 11.5 Å². The number of benzene rings is 1. The van der Waals surface area contributed by atoms with Crippen LogP contribution in [0.25, 0.3) is 0 Å². The molecule has 0 atom stereocenters. The molecule has 28 heavy (non-hydrogen) atoms. The highest BCUT2D eigenvalue weighted by molar-refractivity contribution is 6.04. The summed E-state index contributed by atoms with van der Waals surface area (Å²) in [5.41, 5.74) is 1.09. The first kappa shape index (κ1) is 19.3. The summed E-state index contributed by atoms with van der Waals surface area (Å²) in [4.78, 5) is 36.8. The zero-order chi connectivity index (χ0) is 20.5. The van der Waals surface area contributed by atoms with Gasteiger partial charge in [-0.3, -0.25) is 20.0 Å². The number of H-pyrrole nitrogens is 1. The molecular weight excluding hydrogens is 366 g/mol. The van der Waals surface area contributed by atoms with Crippen molar-refractivity contribution in [2.45, 2.75) is 39.3 Å². The topological polar surface area (TPSA) is 130 Å². The number of carbonyl (C=O) groups excluding carboxylic acids is 2. The van der Waals surface area contributed by atoms with E-state index in [1.54, 1.807) is 26.8 Å². The minimum atomic E-state index is -0.615. The molecule has 1 aliphatic rings. The molecule has 10 nitrogen and oxygen atoms in total. The van der Waals surface area contributed by atoms with Crippen molar-refractivity contribution in [2.24, 2.45) is 0 Å². The Morgan fingerprint density at radius 2 is 2.11 bits per heavy atom. The van der Waals surface area contributed by atoms with E-state index in [1.807, 2.05) is 0 Å². The predicted octanol–water partition coefficient (Wildman–Crippen LogP) is 2.86. The van der Waals surface area contributed by atoms with Crippen LogP contribution < -0.4 is 5.32 Å². The van der Waals surface area contributed by atoms with Crippen molar-refractivity contribution in [1.82, 2.24) is 15.1 Å². The molecule has 2 amide bonds. The maximum absolute atomic E-state index is 12.6. The number of non-ortho nitro benzene ring substituents is 1. The van der Waals surface area contributed by atoms with E-state index in [0.29, 0.717) is 18.5 Å². The number of ether oxygens (including phenoxy) is 1.